The average Bonchev–Trinajstić information content (AvgIpc) is 3.29. The second kappa shape index (κ2) is 6.41. The fourth-order valence-corrected chi connectivity index (χ4v) is 3.39. The van der Waals surface area contributed by atoms with Crippen LogP contribution < -0.4 is 0 Å². The van der Waals surface area contributed by atoms with Gasteiger partial charge in [0.25, 0.3) is 0 Å². The van der Waals surface area contributed by atoms with Crippen molar-refractivity contribution in [1.29, 1.82) is 0 Å². The van der Waals surface area contributed by atoms with Gasteiger partial charge in [-0.2, -0.15) is 5.10 Å². The Labute approximate surface area is 132 Å². The molecule has 2 heterocycles. The number of H-pyrrole nitrogens is 1. The van der Waals surface area contributed by atoms with E-state index in [1.165, 1.54) is 12.8 Å². The number of ether oxygens (including phenoxy) is 1. The van der Waals surface area contributed by atoms with Crippen molar-refractivity contribution in [3.05, 3.63) is 17.0 Å². The number of aryl methyl sites for hydroxylation is 2. The Bertz CT molecular complexity index is 509. The third-order valence-electron chi connectivity index (χ3n) is 5.01. The molecule has 3 rings (SSSR count). The van der Waals surface area contributed by atoms with Crippen LogP contribution in [0.5, 0.6) is 0 Å². The van der Waals surface area contributed by atoms with Crippen LogP contribution in [0.1, 0.15) is 55.5 Å². The van der Waals surface area contributed by atoms with Gasteiger partial charge in [0, 0.05) is 31.0 Å². The fourth-order valence-electron chi connectivity index (χ4n) is 3.39. The zero-order chi connectivity index (χ0) is 15.7. The van der Waals surface area contributed by atoms with Crippen LogP contribution in [0.25, 0.3) is 0 Å². The van der Waals surface area contributed by atoms with Gasteiger partial charge in [-0.05, 0) is 52.4 Å². The molecule has 122 valence electrons. The number of piperidine rings is 1. The molecule has 1 aliphatic carbocycles. The van der Waals surface area contributed by atoms with Gasteiger partial charge in [-0.1, -0.05) is 0 Å². The molecule has 1 saturated heterocycles. The first-order valence-corrected chi connectivity index (χ1v) is 8.48. The lowest BCUT2D eigenvalue weighted by Crippen LogP contribution is -2.42. The average molecular weight is 305 g/mol. The Morgan fingerprint density at radius 3 is 2.55 bits per heavy atom. The standard InChI is InChI=1S/C17H27N3O2/c1-11(16-12(2)18-19-13(16)3)17(21)20-8-6-15(7-9-20)22-10-14-4-5-14/h11,14-15H,4-10H2,1-3H3,(H,18,19). The van der Waals surface area contributed by atoms with Crippen LogP contribution in [0.15, 0.2) is 0 Å². The highest BCUT2D eigenvalue weighted by molar-refractivity contribution is 5.84. The molecule has 5 nitrogen and oxygen atoms in total. The van der Waals surface area contributed by atoms with Crippen LogP contribution >= 0.6 is 0 Å². The number of likely N-dealkylation sites (tertiary alicyclic amines) is 1. The van der Waals surface area contributed by atoms with Crippen molar-refractivity contribution in [1.82, 2.24) is 15.1 Å². The number of carbonyl (C=O) groups excluding carboxylic acids is 1. The normalized spacial score (nSPS) is 21.1. The van der Waals surface area contributed by atoms with E-state index >= 15 is 0 Å². The molecule has 1 N–H and O–H groups in total. The maximum atomic E-state index is 12.7. The van der Waals surface area contributed by atoms with Gasteiger partial charge in [0.15, 0.2) is 0 Å². The molecule has 0 bridgehead atoms. The summed E-state index contributed by atoms with van der Waals surface area (Å²) in [6, 6.07) is 0. The molecule has 2 fully saturated rings. The quantitative estimate of drug-likeness (QED) is 0.909. The number of carbonyl (C=O) groups is 1. The third-order valence-corrected chi connectivity index (χ3v) is 5.01. The predicted molar refractivity (Wildman–Crippen MR) is 84.8 cm³/mol. The van der Waals surface area contributed by atoms with E-state index in [0.717, 1.165) is 55.4 Å². The molecule has 22 heavy (non-hydrogen) atoms. The van der Waals surface area contributed by atoms with E-state index in [1.807, 2.05) is 25.7 Å². The minimum atomic E-state index is -0.123. The first-order valence-electron chi connectivity index (χ1n) is 8.48. The van der Waals surface area contributed by atoms with Crippen LogP contribution in [0.3, 0.4) is 0 Å². The molecule has 1 amide bonds. The Balaban J connectivity index is 1.52. The molecule has 5 heteroatoms. The van der Waals surface area contributed by atoms with Crippen LogP contribution in [0.2, 0.25) is 0 Å². The van der Waals surface area contributed by atoms with Crippen molar-refractivity contribution in [3.8, 4) is 0 Å². The minimum Gasteiger partial charge on any atom is -0.378 e. The van der Waals surface area contributed by atoms with E-state index in [4.69, 9.17) is 4.74 Å². The first kappa shape index (κ1) is 15.5. The van der Waals surface area contributed by atoms with Crippen molar-refractivity contribution in [2.45, 2.75) is 58.5 Å². The van der Waals surface area contributed by atoms with Gasteiger partial charge < -0.3 is 9.64 Å². The van der Waals surface area contributed by atoms with Gasteiger partial charge >= 0.3 is 0 Å². The smallest absolute Gasteiger partial charge is 0.229 e. The van der Waals surface area contributed by atoms with E-state index in [9.17, 15) is 4.79 Å². The Morgan fingerprint density at radius 1 is 1.32 bits per heavy atom. The second-order valence-electron chi connectivity index (χ2n) is 6.87. The molecule has 1 atom stereocenters. The number of hydrogen-bond donors (Lipinski definition) is 1. The molecule has 0 aromatic carbocycles. The summed E-state index contributed by atoms with van der Waals surface area (Å²) in [5, 5.41) is 7.18. The van der Waals surface area contributed by atoms with Crippen molar-refractivity contribution in [3.63, 3.8) is 0 Å². The summed E-state index contributed by atoms with van der Waals surface area (Å²) in [5.41, 5.74) is 2.99. The van der Waals surface area contributed by atoms with E-state index in [2.05, 4.69) is 10.2 Å². The predicted octanol–water partition coefficient (Wildman–Crippen LogP) is 2.55. The van der Waals surface area contributed by atoms with Gasteiger partial charge in [-0.3, -0.25) is 9.89 Å². The lowest BCUT2D eigenvalue weighted by Gasteiger charge is -2.33. The Morgan fingerprint density at radius 2 is 2.00 bits per heavy atom. The molecule has 1 aromatic heterocycles. The van der Waals surface area contributed by atoms with Crippen molar-refractivity contribution in [2.75, 3.05) is 19.7 Å². The summed E-state index contributed by atoms with van der Waals surface area (Å²) >= 11 is 0. The maximum Gasteiger partial charge on any atom is 0.229 e. The number of hydrogen-bond acceptors (Lipinski definition) is 3. The number of rotatable bonds is 5. The van der Waals surface area contributed by atoms with E-state index < -0.39 is 0 Å². The van der Waals surface area contributed by atoms with Gasteiger partial charge in [0.05, 0.1) is 17.7 Å². The van der Waals surface area contributed by atoms with Crippen LogP contribution in [0.4, 0.5) is 0 Å². The summed E-state index contributed by atoms with van der Waals surface area (Å²) in [6.45, 7) is 8.48. The minimum absolute atomic E-state index is 0.123. The SMILES string of the molecule is Cc1n[nH]c(C)c1C(C)C(=O)N1CCC(OCC2CC2)CC1. The van der Waals surface area contributed by atoms with Crippen LogP contribution in [0, 0.1) is 19.8 Å². The molecule has 1 unspecified atom stereocenters. The molecule has 0 radical (unpaired) electrons. The number of nitrogens with zero attached hydrogens (tertiary/aromatic N) is 2. The monoisotopic (exact) mass is 305 g/mol. The van der Waals surface area contributed by atoms with Crippen LogP contribution in [-0.2, 0) is 9.53 Å². The Kier molecular flexibility index (Phi) is 4.52. The number of nitrogens with one attached hydrogen (secondary N) is 1. The van der Waals surface area contributed by atoms with E-state index in [-0.39, 0.29) is 11.8 Å². The second-order valence-corrected chi connectivity index (χ2v) is 6.87. The van der Waals surface area contributed by atoms with Crippen molar-refractivity contribution in [2.24, 2.45) is 5.92 Å². The zero-order valence-corrected chi connectivity index (χ0v) is 13.9. The summed E-state index contributed by atoms with van der Waals surface area (Å²) < 4.78 is 5.95. The highest BCUT2D eigenvalue weighted by atomic mass is 16.5. The fraction of sp³-hybridized carbons (Fsp3) is 0.765. The topological polar surface area (TPSA) is 58.2 Å². The lowest BCUT2D eigenvalue weighted by atomic mass is 9.96. The maximum absolute atomic E-state index is 12.7. The molecule has 1 saturated carbocycles. The molecular formula is C17H27N3O2. The molecule has 2 aliphatic rings. The van der Waals surface area contributed by atoms with Gasteiger partial charge in [0.2, 0.25) is 5.91 Å². The molecule has 1 aliphatic heterocycles. The van der Waals surface area contributed by atoms with E-state index in [0.29, 0.717) is 6.10 Å². The molecular weight excluding hydrogens is 278 g/mol. The summed E-state index contributed by atoms with van der Waals surface area (Å²) in [6.07, 6.45) is 4.94. The lowest BCUT2D eigenvalue weighted by molar-refractivity contribution is -0.135. The summed E-state index contributed by atoms with van der Waals surface area (Å²) in [4.78, 5) is 14.7. The van der Waals surface area contributed by atoms with Gasteiger partial charge in [-0.15, -0.1) is 0 Å². The number of amides is 1. The third kappa shape index (κ3) is 3.35. The molecule has 0 spiro atoms. The largest absolute Gasteiger partial charge is 0.378 e. The van der Waals surface area contributed by atoms with Crippen molar-refractivity contribution < 1.29 is 9.53 Å². The van der Waals surface area contributed by atoms with E-state index in [1.54, 1.807) is 0 Å². The highest BCUT2D eigenvalue weighted by Crippen LogP contribution is 2.30. The van der Waals surface area contributed by atoms with Gasteiger partial charge in [-0.25, -0.2) is 0 Å². The summed E-state index contributed by atoms with van der Waals surface area (Å²) in [7, 11) is 0. The molecule has 1 aromatic rings. The summed E-state index contributed by atoms with van der Waals surface area (Å²) in [5.74, 6) is 0.905. The zero-order valence-electron chi connectivity index (χ0n) is 13.9. The van der Waals surface area contributed by atoms with Crippen molar-refractivity contribution >= 4 is 5.91 Å². The number of aromatic amines is 1. The van der Waals surface area contributed by atoms with Crippen LogP contribution in [-0.4, -0.2) is 46.8 Å². The number of aromatic nitrogens is 2. The highest BCUT2D eigenvalue weighted by Gasteiger charge is 2.30. The van der Waals surface area contributed by atoms with Gasteiger partial charge in [0.1, 0.15) is 0 Å². The Hall–Kier alpha value is -1.36. The first-order chi connectivity index (χ1) is 10.6.